The molecule has 0 aliphatic carbocycles. The number of furan rings is 1. The topological polar surface area (TPSA) is 56.7 Å². The van der Waals surface area contributed by atoms with Gasteiger partial charge >= 0.3 is 0 Å². The minimum absolute atomic E-state index is 0.601. The van der Waals surface area contributed by atoms with Crippen LogP contribution in [0.2, 0.25) is 0 Å². The Hall–Kier alpha value is -8.67. The van der Waals surface area contributed by atoms with Crippen LogP contribution in [0.25, 0.3) is 137 Å². The van der Waals surface area contributed by atoms with Gasteiger partial charge in [0.1, 0.15) is 11.2 Å². The van der Waals surface area contributed by atoms with Crippen LogP contribution in [0.1, 0.15) is 0 Å². The Morgan fingerprint density at radius 2 is 0.906 bits per heavy atom. The summed E-state index contributed by atoms with van der Waals surface area (Å²) in [6, 6.07) is 73.4. The molecule has 14 aromatic rings. The molecule has 0 aliphatic rings. The molecule has 0 fully saturated rings. The predicted octanol–water partition coefficient (Wildman–Crippen LogP) is 15.6. The van der Waals surface area contributed by atoms with E-state index in [-0.39, 0.29) is 0 Å². The molecular weight excluding hydrogens is 781 g/mol. The van der Waals surface area contributed by atoms with E-state index in [0.29, 0.717) is 17.5 Å². The van der Waals surface area contributed by atoms with Gasteiger partial charge in [0.25, 0.3) is 0 Å². The highest BCUT2D eigenvalue weighted by molar-refractivity contribution is 6.23. The molecule has 0 radical (unpaired) electrons. The van der Waals surface area contributed by atoms with Gasteiger partial charge in [0.05, 0.1) is 16.7 Å². The zero-order valence-corrected chi connectivity index (χ0v) is 34.3. The van der Waals surface area contributed by atoms with Gasteiger partial charge in [-0.05, 0) is 90.9 Å². The summed E-state index contributed by atoms with van der Waals surface area (Å²) in [7, 11) is 0. The van der Waals surface area contributed by atoms with Crippen molar-refractivity contribution in [1.29, 1.82) is 0 Å². The Kier molecular flexibility index (Phi) is 7.33. The van der Waals surface area contributed by atoms with Gasteiger partial charge < -0.3 is 8.98 Å². The van der Waals surface area contributed by atoms with Gasteiger partial charge in [-0.25, -0.2) is 15.0 Å². The summed E-state index contributed by atoms with van der Waals surface area (Å²) in [6.07, 6.45) is 0. The van der Waals surface area contributed by atoms with E-state index >= 15 is 0 Å². The second kappa shape index (κ2) is 13.4. The molecule has 11 aromatic carbocycles. The first kappa shape index (κ1) is 35.0. The molecule has 0 unspecified atom stereocenters. The summed E-state index contributed by atoms with van der Waals surface area (Å²) >= 11 is 0. The molecule has 0 amide bonds. The van der Waals surface area contributed by atoms with Crippen LogP contribution in [-0.2, 0) is 0 Å². The highest BCUT2D eigenvalue weighted by atomic mass is 16.3. The Bertz CT molecular complexity index is 4270. The number of benzene rings is 11. The second-order valence-corrected chi connectivity index (χ2v) is 16.8. The van der Waals surface area contributed by atoms with Crippen molar-refractivity contribution in [3.05, 3.63) is 206 Å². The summed E-state index contributed by atoms with van der Waals surface area (Å²) < 4.78 is 9.10. The van der Waals surface area contributed by atoms with E-state index in [0.717, 1.165) is 87.7 Å². The highest BCUT2D eigenvalue weighted by Crippen LogP contribution is 2.43. The Balaban J connectivity index is 1.08. The van der Waals surface area contributed by atoms with Crippen LogP contribution in [0.4, 0.5) is 0 Å². The number of aromatic nitrogens is 4. The minimum atomic E-state index is 0.601. The number of hydrogen-bond acceptors (Lipinski definition) is 4. The predicted molar refractivity (Wildman–Crippen MR) is 265 cm³/mol. The maximum Gasteiger partial charge on any atom is 0.164 e. The van der Waals surface area contributed by atoms with Crippen molar-refractivity contribution in [2.45, 2.75) is 0 Å². The third-order valence-corrected chi connectivity index (χ3v) is 13.1. The Morgan fingerprint density at radius 3 is 1.72 bits per heavy atom. The molecule has 0 atom stereocenters. The van der Waals surface area contributed by atoms with E-state index in [9.17, 15) is 0 Å². The molecular formula is C59H34N4O. The smallest absolute Gasteiger partial charge is 0.164 e. The lowest BCUT2D eigenvalue weighted by Gasteiger charge is -2.15. The maximum atomic E-state index is 6.69. The summed E-state index contributed by atoms with van der Waals surface area (Å²) in [5, 5.41) is 16.0. The summed E-state index contributed by atoms with van der Waals surface area (Å²) in [5.41, 5.74) is 7.76. The van der Waals surface area contributed by atoms with Crippen molar-refractivity contribution in [2.75, 3.05) is 0 Å². The third-order valence-electron chi connectivity index (χ3n) is 13.1. The average Bonchev–Trinajstić information content (AvgIpc) is 3.89. The molecule has 0 bridgehead atoms. The quantitative estimate of drug-likeness (QED) is 0.166. The molecule has 0 aliphatic heterocycles. The molecule has 3 aromatic heterocycles. The Labute approximate surface area is 366 Å². The number of para-hydroxylation sites is 2. The van der Waals surface area contributed by atoms with Gasteiger partial charge in [-0.15, -0.1) is 0 Å². The van der Waals surface area contributed by atoms with Crippen LogP contribution >= 0.6 is 0 Å². The molecule has 0 saturated carbocycles. The lowest BCUT2D eigenvalue weighted by Crippen LogP contribution is -2.01. The van der Waals surface area contributed by atoms with Crippen LogP contribution in [0.3, 0.4) is 0 Å². The highest BCUT2D eigenvalue weighted by Gasteiger charge is 2.22. The molecule has 0 saturated heterocycles. The lowest BCUT2D eigenvalue weighted by atomic mass is 9.96. The fraction of sp³-hybridized carbons (Fsp3) is 0. The molecule has 5 heteroatoms. The fourth-order valence-electron chi connectivity index (χ4n) is 10.2. The van der Waals surface area contributed by atoms with Crippen LogP contribution in [0.15, 0.2) is 211 Å². The van der Waals surface area contributed by atoms with Crippen molar-refractivity contribution in [2.24, 2.45) is 0 Å². The summed E-state index contributed by atoms with van der Waals surface area (Å²) in [5.74, 6) is 1.85. The fourth-order valence-corrected chi connectivity index (χ4v) is 10.2. The SMILES string of the molecule is c1ccc2cc(-c3nc(-c4ccc5c(c4)c(-n4c6ccccc6c6cc7ccccc7cc64)cc4oc6ccccc6c45)nc(-c4cc5ccccc5c5ccccc45)n3)ccc2c1. The number of nitrogens with zero attached hydrogens (tertiary/aromatic N) is 4. The first-order chi connectivity index (χ1) is 31.7. The van der Waals surface area contributed by atoms with Crippen molar-refractivity contribution >= 4 is 97.6 Å². The van der Waals surface area contributed by atoms with E-state index in [1.54, 1.807) is 0 Å². The Morgan fingerprint density at radius 1 is 0.312 bits per heavy atom. The van der Waals surface area contributed by atoms with Crippen LogP contribution < -0.4 is 0 Å². The maximum absolute atomic E-state index is 6.69. The van der Waals surface area contributed by atoms with Crippen LogP contribution in [0, 0.1) is 0 Å². The molecule has 0 N–H and O–H groups in total. The van der Waals surface area contributed by atoms with Gasteiger partial charge in [0, 0.05) is 49.7 Å². The van der Waals surface area contributed by atoms with Crippen molar-refractivity contribution in [3.8, 4) is 39.9 Å². The first-order valence-corrected chi connectivity index (χ1v) is 21.7. The molecule has 64 heavy (non-hydrogen) atoms. The zero-order chi connectivity index (χ0) is 41.9. The molecule has 296 valence electrons. The largest absolute Gasteiger partial charge is 0.456 e. The second-order valence-electron chi connectivity index (χ2n) is 16.8. The first-order valence-electron chi connectivity index (χ1n) is 21.7. The van der Waals surface area contributed by atoms with Crippen LogP contribution in [0.5, 0.6) is 0 Å². The number of fused-ring (bicyclic) bond motifs is 13. The molecule has 5 nitrogen and oxygen atoms in total. The van der Waals surface area contributed by atoms with Gasteiger partial charge in [-0.3, -0.25) is 0 Å². The standard InChI is InChI=1S/C59H34N4O/c1-2-14-36-29-40(26-25-35(36)13-1)57-60-58(62-59(61-57)50-31-39-17-5-6-18-42(39)43-19-7-8-20-44(43)50)41-27-28-46-49(32-41)53(34-55-56(46)47-22-10-12-24-54(47)64-55)63-51-23-11-9-21-45(51)48-30-37-15-3-4-16-38(37)33-52(48)63/h1-34H. The van der Waals surface area contributed by atoms with Gasteiger partial charge in [-0.2, -0.15) is 0 Å². The van der Waals surface area contributed by atoms with E-state index < -0.39 is 0 Å². The van der Waals surface area contributed by atoms with Crippen molar-refractivity contribution in [3.63, 3.8) is 0 Å². The van der Waals surface area contributed by atoms with Gasteiger partial charge in [0.2, 0.25) is 0 Å². The lowest BCUT2D eigenvalue weighted by molar-refractivity contribution is 0.669. The van der Waals surface area contributed by atoms with E-state index in [2.05, 4.69) is 205 Å². The van der Waals surface area contributed by atoms with Gasteiger partial charge in [-0.1, -0.05) is 158 Å². The molecule has 0 spiro atoms. The average molecular weight is 815 g/mol. The van der Waals surface area contributed by atoms with Crippen molar-refractivity contribution < 1.29 is 4.42 Å². The summed E-state index contributed by atoms with van der Waals surface area (Å²) in [6.45, 7) is 0. The molecule has 3 heterocycles. The van der Waals surface area contributed by atoms with Crippen LogP contribution in [-0.4, -0.2) is 19.5 Å². The van der Waals surface area contributed by atoms with E-state index in [1.165, 1.54) is 32.3 Å². The van der Waals surface area contributed by atoms with Gasteiger partial charge in [0.15, 0.2) is 17.5 Å². The van der Waals surface area contributed by atoms with E-state index in [4.69, 9.17) is 19.4 Å². The molecule has 14 rings (SSSR count). The number of hydrogen-bond donors (Lipinski definition) is 0. The van der Waals surface area contributed by atoms with Crippen molar-refractivity contribution in [1.82, 2.24) is 19.5 Å². The monoisotopic (exact) mass is 814 g/mol. The zero-order valence-electron chi connectivity index (χ0n) is 34.3. The summed E-state index contributed by atoms with van der Waals surface area (Å²) in [4.78, 5) is 16.0. The normalized spacial score (nSPS) is 12.1. The minimum Gasteiger partial charge on any atom is -0.456 e. The van der Waals surface area contributed by atoms with E-state index in [1.807, 2.05) is 6.07 Å². The number of rotatable bonds is 4. The third kappa shape index (κ3) is 5.22.